The van der Waals surface area contributed by atoms with Crippen molar-refractivity contribution >= 4 is 54.8 Å². The molecule has 2 aliphatic rings. The van der Waals surface area contributed by atoms with E-state index < -0.39 is 0 Å². The predicted molar refractivity (Wildman–Crippen MR) is 77.3 cm³/mol. The van der Waals surface area contributed by atoms with Crippen LogP contribution in [0.1, 0.15) is 35.9 Å². The van der Waals surface area contributed by atoms with Gasteiger partial charge in [-0.15, -0.1) is 22.9 Å². The van der Waals surface area contributed by atoms with Crippen molar-refractivity contribution < 1.29 is 0 Å². The first-order valence-corrected chi connectivity index (χ1v) is 8.58. The van der Waals surface area contributed by atoms with Gasteiger partial charge in [-0.2, -0.15) is 0 Å². The Labute approximate surface area is 122 Å². The number of rotatable bonds is 2. The summed E-state index contributed by atoms with van der Waals surface area (Å²) < 4.78 is 2.30. The molecular formula is C12H13Br2ClS. The molecule has 16 heavy (non-hydrogen) atoms. The molecule has 3 rings (SSSR count). The first-order valence-electron chi connectivity index (χ1n) is 5.74. The van der Waals surface area contributed by atoms with E-state index in [1.807, 2.05) is 0 Å². The van der Waals surface area contributed by atoms with Gasteiger partial charge in [-0.25, -0.2) is 0 Å². The molecule has 0 amide bonds. The van der Waals surface area contributed by atoms with Crippen LogP contribution < -0.4 is 0 Å². The number of hydrogen-bond acceptors (Lipinski definition) is 1. The van der Waals surface area contributed by atoms with Gasteiger partial charge in [0.25, 0.3) is 0 Å². The summed E-state index contributed by atoms with van der Waals surface area (Å²) in [4.78, 5) is 1.32. The van der Waals surface area contributed by atoms with Gasteiger partial charge in [0.2, 0.25) is 0 Å². The van der Waals surface area contributed by atoms with Gasteiger partial charge < -0.3 is 0 Å². The molecule has 1 aromatic heterocycles. The molecule has 2 saturated carbocycles. The molecule has 4 atom stereocenters. The first-order chi connectivity index (χ1) is 7.65. The maximum absolute atomic E-state index is 6.66. The fourth-order valence-corrected chi connectivity index (χ4v) is 6.01. The van der Waals surface area contributed by atoms with E-state index in [0.29, 0.717) is 0 Å². The van der Waals surface area contributed by atoms with Crippen LogP contribution in [0.5, 0.6) is 0 Å². The highest BCUT2D eigenvalue weighted by Gasteiger charge is 2.43. The van der Waals surface area contributed by atoms with Crippen LogP contribution in [0.15, 0.2) is 14.3 Å². The molecule has 0 radical (unpaired) electrons. The van der Waals surface area contributed by atoms with E-state index in [-0.39, 0.29) is 5.38 Å². The average Bonchev–Trinajstić information content (AvgIpc) is 2.94. The van der Waals surface area contributed by atoms with E-state index in [9.17, 15) is 0 Å². The SMILES string of the molecule is ClC(c1cc(Br)c(Br)s1)C1CC2CCC1C2. The quantitative estimate of drug-likeness (QED) is 0.550. The third kappa shape index (κ3) is 2.02. The highest BCUT2D eigenvalue weighted by atomic mass is 79.9. The smallest absolute Gasteiger partial charge is 0.0843 e. The van der Waals surface area contributed by atoms with Gasteiger partial charge in [0.1, 0.15) is 0 Å². The van der Waals surface area contributed by atoms with Crippen LogP contribution >= 0.6 is 54.8 Å². The average molecular weight is 385 g/mol. The fourth-order valence-electron chi connectivity index (χ4n) is 3.36. The molecule has 2 aliphatic carbocycles. The van der Waals surface area contributed by atoms with Crippen LogP contribution in [0.2, 0.25) is 0 Å². The minimum Gasteiger partial charge on any atom is -0.130 e. The molecule has 88 valence electrons. The molecule has 2 fully saturated rings. The monoisotopic (exact) mass is 382 g/mol. The highest BCUT2D eigenvalue weighted by molar-refractivity contribution is 9.13. The van der Waals surface area contributed by atoms with Gasteiger partial charge in [0.05, 0.1) is 9.16 Å². The summed E-state index contributed by atoms with van der Waals surface area (Å²) in [7, 11) is 0. The maximum Gasteiger partial charge on any atom is 0.0843 e. The van der Waals surface area contributed by atoms with Crippen molar-refractivity contribution in [1.82, 2.24) is 0 Å². The van der Waals surface area contributed by atoms with Crippen molar-refractivity contribution in [3.63, 3.8) is 0 Å². The molecule has 0 N–H and O–H groups in total. The molecule has 0 aliphatic heterocycles. The Hall–Kier alpha value is 0.950. The molecule has 1 aromatic rings. The molecular weight excluding hydrogens is 371 g/mol. The zero-order valence-electron chi connectivity index (χ0n) is 8.76. The topological polar surface area (TPSA) is 0 Å². The fraction of sp³-hybridized carbons (Fsp3) is 0.667. The Morgan fingerprint density at radius 3 is 2.62 bits per heavy atom. The molecule has 0 saturated heterocycles. The van der Waals surface area contributed by atoms with Crippen molar-refractivity contribution in [3.8, 4) is 0 Å². The lowest BCUT2D eigenvalue weighted by Crippen LogP contribution is -2.15. The summed E-state index contributed by atoms with van der Waals surface area (Å²) in [5.74, 6) is 2.59. The Kier molecular flexibility index (Phi) is 3.42. The Morgan fingerprint density at radius 1 is 1.31 bits per heavy atom. The van der Waals surface area contributed by atoms with Gasteiger partial charge in [-0.3, -0.25) is 0 Å². The molecule has 0 aromatic carbocycles. The van der Waals surface area contributed by atoms with Crippen molar-refractivity contribution in [2.75, 3.05) is 0 Å². The molecule has 1 heterocycles. The Morgan fingerprint density at radius 2 is 2.12 bits per heavy atom. The van der Waals surface area contributed by atoms with Gasteiger partial charge in [0.15, 0.2) is 0 Å². The van der Waals surface area contributed by atoms with Crippen molar-refractivity contribution in [3.05, 3.63) is 19.2 Å². The lowest BCUT2D eigenvalue weighted by atomic mass is 9.86. The lowest BCUT2D eigenvalue weighted by Gasteiger charge is -2.25. The zero-order valence-corrected chi connectivity index (χ0v) is 13.5. The van der Waals surface area contributed by atoms with Crippen LogP contribution in [0.4, 0.5) is 0 Å². The van der Waals surface area contributed by atoms with E-state index in [1.165, 1.54) is 30.6 Å². The maximum atomic E-state index is 6.66. The van der Waals surface area contributed by atoms with Gasteiger partial charge in [-0.05, 0) is 74.9 Å². The van der Waals surface area contributed by atoms with E-state index in [2.05, 4.69) is 37.9 Å². The minimum atomic E-state index is 0.225. The molecule has 0 spiro atoms. The van der Waals surface area contributed by atoms with E-state index in [1.54, 1.807) is 11.3 Å². The normalized spacial score (nSPS) is 34.6. The Balaban J connectivity index is 1.80. The third-order valence-electron chi connectivity index (χ3n) is 4.10. The van der Waals surface area contributed by atoms with Crippen LogP contribution in [0, 0.1) is 17.8 Å². The molecule has 4 unspecified atom stereocenters. The van der Waals surface area contributed by atoms with Crippen molar-refractivity contribution in [2.24, 2.45) is 17.8 Å². The largest absolute Gasteiger partial charge is 0.130 e. The van der Waals surface area contributed by atoms with Gasteiger partial charge in [-0.1, -0.05) is 6.42 Å². The lowest BCUT2D eigenvalue weighted by molar-refractivity contribution is 0.325. The van der Waals surface area contributed by atoms with Crippen LogP contribution in [0.3, 0.4) is 0 Å². The van der Waals surface area contributed by atoms with Crippen LogP contribution in [-0.4, -0.2) is 0 Å². The van der Waals surface area contributed by atoms with Gasteiger partial charge >= 0.3 is 0 Å². The summed E-state index contributed by atoms with van der Waals surface area (Å²) in [6.07, 6.45) is 5.64. The summed E-state index contributed by atoms with van der Waals surface area (Å²) in [6.45, 7) is 0. The number of hydrogen-bond donors (Lipinski definition) is 0. The summed E-state index contributed by atoms with van der Waals surface area (Å²) in [5.41, 5.74) is 0. The van der Waals surface area contributed by atoms with Gasteiger partial charge in [0, 0.05) is 9.35 Å². The molecule has 0 nitrogen and oxygen atoms in total. The second-order valence-electron chi connectivity index (χ2n) is 5.01. The van der Waals surface area contributed by atoms with Crippen LogP contribution in [-0.2, 0) is 0 Å². The zero-order chi connectivity index (χ0) is 11.3. The van der Waals surface area contributed by atoms with E-state index >= 15 is 0 Å². The number of alkyl halides is 1. The highest BCUT2D eigenvalue weighted by Crippen LogP contribution is 2.55. The van der Waals surface area contributed by atoms with Crippen molar-refractivity contribution in [2.45, 2.75) is 31.1 Å². The number of halogens is 3. The van der Waals surface area contributed by atoms with E-state index in [4.69, 9.17) is 11.6 Å². The second-order valence-corrected chi connectivity index (χ2v) is 8.74. The minimum absolute atomic E-state index is 0.225. The summed E-state index contributed by atoms with van der Waals surface area (Å²) in [6, 6.07) is 2.18. The molecule has 2 bridgehead atoms. The summed E-state index contributed by atoms with van der Waals surface area (Å²) >= 11 is 15.5. The molecule has 4 heteroatoms. The van der Waals surface area contributed by atoms with E-state index in [0.717, 1.165) is 26.0 Å². The first kappa shape index (κ1) is 12.0. The summed E-state index contributed by atoms with van der Waals surface area (Å²) in [5, 5.41) is 0.225. The van der Waals surface area contributed by atoms with Crippen LogP contribution in [0.25, 0.3) is 0 Å². The van der Waals surface area contributed by atoms with Crippen molar-refractivity contribution in [1.29, 1.82) is 0 Å². The predicted octanol–water partition coefficient (Wildman–Crippen LogP) is 5.99. The standard InChI is InChI=1S/C12H13Br2ClS/c13-9-5-10(16-12(9)14)11(15)8-4-6-1-2-7(8)3-6/h5-8,11H,1-4H2. The number of fused-ring (bicyclic) bond motifs is 2. The second kappa shape index (κ2) is 4.56. The Bertz CT molecular complexity index is 384. The number of thiophene rings is 1. The third-order valence-corrected chi connectivity index (χ3v) is 8.13.